The van der Waals surface area contributed by atoms with Gasteiger partial charge < -0.3 is 14.5 Å². The summed E-state index contributed by atoms with van der Waals surface area (Å²) >= 11 is 0. The monoisotopic (exact) mass is 468 g/mol. The molecule has 2 aliphatic rings. The number of benzene rings is 3. The van der Waals surface area contributed by atoms with Crippen molar-refractivity contribution < 1.29 is 9.53 Å². The van der Waals surface area contributed by atoms with Gasteiger partial charge in [-0.05, 0) is 66.9 Å². The van der Waals surface area contributed by atoms with Gasteiger partial charge in [0.1, 0.15) is 11.8 Å². The van der Waals surface area contributed by atoms with Crippen LogP contribution < -0.4 is 14.5 Å². The first kappa shape index (κ1) is 23.0. The number of guanidine groups is 1. The van der Waals surface area contributed by atoms with Crippen molar-refractivity contribution in [2.45, 2.75) is 26.3 Å². The second-order valence-electron chi connectivity index (χ2n) is 9.33. The summed E-state index contributed by atoms with van der Waals surface area (Å²) in [6.45, 7) is 7.48. The van der Waals surface area contributed by atoms with E-state index in [-0.39, 0.29) is 5.91 Å². The third-order valence-corrected chi connectivity index (χ3v) is 6.71. The van der Waals surface area contributed by atoms with Crippen LogP contribution in [0, 0.1) is 13.8 Å². The third-order valence-electron chi connectivity index (χ3n) is 6.71. The number of methoxy groups -OCH3 is 1. The highest BCUT2D eigenvalue weighted by Crippen LogP contribution is 2.28. The molecule has 0 radical (unpaired) electrons. The summed E-state index contributed by atoms with van der Waals surface area (Å²) in [5.74, 6) is 1.68. The maximum absolute atomic E-state index is 13.7. The Labute approximate surface area is 207 Å². The maximum atomic E-state index is 13.7. The van der Waals surface area contributed by atoms with Crippen LogP contribution in [0.4, 0.5) is 11.4 Å². The fraction of sp³-hybridized carbons (Fsp3) is 0.310. The highest BCUT2D eigenvalue weighted by atomic mass is 16.5. The minimum atomic E-state index is -0.409. The molecule has 0 spiro atoms. The summed E-state index contributed by atoms with van der Waals surface area (Å²) in [5.41, 5.74) is 5.49. The van der Waals surface area contributed by atoms with Gasteiger partial charge in [-0.15, -0.1) is 0 Å². The molecule has 180 valence electrons. The minimum Gasteiger partial charge on any atom is -0.497 e. The van der Waals surface area contributed by atoms with E-state index in [0.717, 1.165) is 60.3 Å². The molecule has 6 nitrogen and oxygen atoms in total. The molecule has 0 saturated carbocycles. The van der Waals surface area contributed by atoms with Gasteiger partial charge >= 0.3 is 0 Å². The Kier molecular flexibility index (Phi) is 6.45. The predicted molar refractivity (Wildman–Crippen MR) is 142 cm³/mol. The van der Waals surface area contributed by atoms with Gasteiger partial charge in [-0.3, -0.25) is 4.79 Å². The van der Waals surface area contributed by atoms with Gasteiger partial charge in [0.15, 0.2) is 0 Å². The van der Waals surface area contributed by atoms with Gasteiger partial charge in [-0.2, -0.15) is 0 Å². The molecule has 5 rings (SSSR count). The van der Waals surface area contributed by atoms with E-state index in [1.165, 1.54) is 5.69 Å². The summed E-state index contributed by atoms with van der Waals surface area (Å²) < 4.78 is 5.29. The van der Waals surface area contributed by atoms with Crippen molar-refractivity contribution in [1.82, 2.24) is 4.90 Å². The van der Waals surface area contributed by atoms with Crippen molar-refractivity contribution in [2.24, 2.45) is 4.99 Å². The molecular weight excluding hydrogens is 436 g/mol. The first-order chi connectivity index (χ1) is 17.0. The largest absolute Gasteiger partial charge is 0.497 e. The molecule has 2 heterocycles. The van der Waals surface area contributed by atoms with E-state index in [1.54, 1.807) is 7.11 Å². The van der Waals surface area contributed by atoms with E-state index in [9.17, 15) is 4.79 Å². The minimum absolute atomic E-state index is 0.0476. The standard InChI is InChI=1S/C29H32N4O2/c1-21-17-22(2)19-25(18-21)33-28(34)27(20-23-7-5-4-6-8-23)30-29(33)32-15-13-31(14-16-32)24-9-11-26(35-3)12-10-24/h4-12,17-19,27H,13-16,20H2,1-3H3. The molecule has 1 amide bonds. The molecule has 1 fully saturated rings. The quantitative estimate of drug-likeness (QED) is 0.555. The Morgan fingerprint density at radius 2 is 1.46 bits per heavy atom. The molecule has 0 aromatic heterocycles. The van der Waals surface area contributed by atoms with Crippen molar-refractivity contribution >= 4 is 23.2 Å². The number of ether oxygens (including phenoxy) is 1. The Balaban J connectivity index is 1.39. The summed E-state index contributed by atoms with van der Waals surface area (Å²) in [7, 11) is 1.68. The number of amides is 1. The number of piperazine rings is 1. The Morgan fingerprint density at radius 1 is 0.829 bits per heavy atom. The van der Waals surface area contributed by atoms with E-state index < -0.39 is 6.04 Å². The summed E-state index contributed by atoms with van der Waals surface area (Å²) in [5, 5.41) is 0. The average Bonchev–Trinajstić information content (AvgIpc) is 3.20. The van der Waals surface area contributed by atoms with Gasteiger partial charge in [-0.1, -0.05) is 36.4 Å². The average molecular weight is 469 g/mol. The molecule has 35 heavy (non-hydrogen) atoms. The lowest BCUT2D eigenvalue weighted by molar-refractivity contribution is -0.118. The first-order valence-electron chi connectivity index (χ1n) is 12.2. The lowest BCUT2D eigenvalue weighted by atomic mass is 10.1. The van der Waals surface area contributed by atoms with Crippen molar-refractivity contribution in [3.05, 3.63) is 89.5 Å². The topological polar surface area (TPSA) is 48.4 Å². The Bertz CT molecular complexity index is 1190. The molecule has 6 heteroatoms. The number of aryl methyl sites for hydroxylation is 2. The van der Waals surface area contributed by atoms with Crippen molar-refractivity contribution in [3.8, 4) is 5.75 Å². The Hall–Kier alpha value is -3.80. The number of anilines is 2. The van der Waals surface area contributed by atoms with Gasteiger partial charge in [0.25, 0.3) is 5.91 Å². The highest BCUT2D eigenvalue weighted by Gasteiger charge is 2.39. The number of hydrogen-bond acceptors (Lipinski definition) is 5. The predicted octanol–water partition coefficient (Wildman–Crippen LogP) is 4.45. The van der Waals surface area contributed by atoms with Gasteiger partial charge in [-0.25, -0.2) is 9.89 Å². The number of nitrogens with zero attached hydrogens (tertiary/aromatic N) is 4. The molecule has 1 saturated heterocycles. The molecule has 1 unspecified atom stereocenters. The Morgan fingerprint density at radius 3 is 2.09 bits per heavy atom. The number of hydrogen-bond donors (Lipinski definition) is 0. The SMILES string of the molecule is COc1ccc(N2CCN(C3=NC(Cc4ccccc4)C(=O)N3c3cc(C)cc(C)c3)CC2)cc1. The van der Waals surface area contributed by atoms with Crippen LogP contribution in [-0.4, -0.2) is 56.1 Å². The number of carbonyl (C=O) groups is 1. The van der Waals surface area contributed by atoms with Crippen molar-refractivity contribution in [2.75, 3.05) is 43.1 Å². The van der Waals surface area contributed by atoms with Crippen LogP contribution in [0.25, 0.3) is 0 Å². The zero-order chi connectivity index (χ0) is 24.4. The lowest BCUT2D eigenvalue weighted by Gasteiger charge is -2.38. The van der Waals surface area contributed by atoms with Gasteiger partial charge in [0.2, 0.25) is 5.96 Å². The number of aliphatic imine (C=N–C) groups is 1. The van der Waals surface area contributed by atoms with Crippen LogP contribution in [0.15, 0.2) is 77.8 Å². The van der Waals surface area contributed by atoms with Crippen LogP contribution in [0.5, 0.6) is 5.75 Å². The zero-order valence-corrected chi connectivity index (χ0v) is 20.6. The van der Waals surface area contributed by atoms with E-state index in [2.05, 4.69) is 66.1 Å². The molecule has 2 aliphatic heterocycles. The second-order valence-corrected chi connectivity index (χ2v) is 9.33. The van der Waals surface area contributed by atoms with Crippen LogP contribution in [0.2, 0.25) is 0 Å². The van der Waals surface area contributed by atoms with Gasteiger partial charge in [0, 0.05) is 38.3 Å². The molecule has 3 aromatic carbocycles. The lowest BCUT2D eigenvalue weighted by Crippen LogP contribution is -2.53. The van der Waals surface area contributed by atoms with E-state index in [4.69, 9.17) is 9.73 Å². The number of rotatable bonds is 5. The fourth-order valence-corrected chi connectivity index (χ4v) is 4.97. The van der Waals surface area contributed by atoms with E-state index in [0.29, 0.717) is 6.42 Å². The fourth-order valence-electron chi connectivity index (χ4n) is 4.97. The second kappa shape index (κ2) is 9.82. The zero-order valence-electron chi connectivity index (χ0n) is 20.6. The molecule has 0 aliphatic carbocycles. The van der Waals surface area contributed by atoms with Crippen LogP contribution in [0.1, 0.15) is 16.7 Å². The molecular formula is C29H32N4O2. The van der Waals surface area contributed by atoms with E-state index in [1.807, 2.05) is 35.2 Å². The van der Waals surface area contributed by atoms with Gasteiger partial charge in [0.05, 0.1) is 12.8 Å². The highest BCUT2D eigenvalue weighted by molar-refractivity contribution is 6.22. The molecule has 0 bridgehead atoms. The van der Waals surface area contributed by atoms with Crippen LogP contribution >= 0.6 is 0 Å². The van der Waals surface area contributed by atoms with E-state index >= 15 is 0 Å². The number of carbonyl (C=O) groups excluding carboxylic acids is 1. The first-order valence-corrected chi connectivity index (χ1v) is 12.2. The van der Waals surface area contributed by atoms with Crippen LogP contribution in [-0.2, 0) is 11.2 Å². The molecule has 3 aromatic rings. The summed E-state index contributed by atoms with van der Waals surface area (Å²) in [6.07, 6.45) is 0.607. The third kappa shape index (κ3) is 4.87. The normalized spacial score (nSPS) is 18.1. The van der Waals surface area contributed by atoms with Crippen LogP contribution in [0.3, 0.4) is 0 Å². The molecule has 0 N–H and O–H groups in total. The van der Waals surface area contributed by atoms with Crippen molar-refractivity contribution in [3.63, 3.8) is 0 Å². The summed E-state index contributed by atoms with van der Waals surface area (Å²) in [4.78, 5) is 25.2. The smallest absolute Gasteiger partial charge is 0.259 e. The maximum Gasteiger partial charge on any atom is 0.259 e. The summed E-state index contributed by atoms with van der Waals surface area (Å²) in [6, 6.07) is 24.2. The molecule has 1 atom stereocenters. The van der Waals surface area contributed by atoms with Crippen molar-refractivity contribution in [1.29, 1.82) is 0 Å².